The largest absolute Gasteiger partial charge is 0.324 e. The van der Waals surface area contributed by atoms with Crippen molar-refractivity contribution in [3.05, 3.63) is 53.9 Å². The number of hydrogen-bond acceptors (Lipinski definition) is 3. The van der Waals surface area contributed by atoms with Crippen molar-refractivity contribution < 1.29 is 4.79 Å². The van der Waals surface area contributed by atoms with Crippen LogP contribution in [0.4, 0.5) is 16.3 Å². The summed E-state index contributed by atoms with van der Waals surface area (Å²) in [6, 6.07) is 8.31. The zero-order chi connectivity index (χ0) is 15.5. The van der Waals surface area contributed by atoms with Crippen molar-refractivity contribution in [3.8, 4) is 5.69 Å². The van der Waals surface area contributed by atoms with Gasteiger partial charge in [0.25, 0.3) is 0 Å². The second kappa shape index (κ2) is 5.90. The molecule has 2 amide bonds. The van der Waals surface area contributed by atoms with Crippen LogP contribution in [-0.4, -0.2) is 25.6 Å². The van der Waals surface area contributed by atoms with Crippen molar-refractivity contribution in [1.29, 1.82) is 0 Å². The molecule has 0 spiro atoms. The van der Waals surface area contributed by atoms with E-state index in [0.29, 0.717) is 22.2 Å². The van der Waals surface area contributed by atoms with E-state index in [0.717, 1.165) is 0 Å². The monoisotopic (exact) mass is 316 g/mol. The fourth-order valence-corrected chi connectivity index (χ4v) is 2.26. The molecule has 0 aliphatic carbocycles. The Bertz CT molecular complexity index is 796. The van der Waals surface area contributed by atoms with Crippen LogP contribution >= 0.6 is 11.6 Å². The molecule has 0 aliphatic heterocycles. The van der Waals surface area contributed by atoms with Crippen molar-refractivity contribution in [2.45, 2.75) is 0 Å². The lowest BCUT2D eigenvalue weighted by Crippen LogP contribution is -2.21. The Morgan fingerprint density at radius 3 is 2.73 bits per heavy atom. The Kier molecular flexibility index (Phi) is 3.80. The molecule has 2 N–H and O–H groups in total. The highest BCUT2D eigenvalue weighted by atomic mass is 35.5. The van der Waals surface area contributed by atoms with E-state index in [2.05, 4.69) is 20.8 Å². The number of aromatic nitrogens is 4. The van der Waals surface area contributed by atoms with Crippen LogP contribution in [0.1, 0.15) is 0 Å². The van der Waals surface area contributed by atoms with E-state index in [1.165, 1.54) is 0 Å². The first kappa shape index (κ1) is 14.2. The third-order valence-corrected chi connectivity index (χ3v) is 3.23. The molecule has 0 fully saturated rings. The molecular formula is C14H13ClN6O. The molecule has 2 aromatic heterocycles. The molecule has 1 aromatic carbocycles. The third-order valence-electron chi connectivity index (χ3n) is 2.92. The molecule has 7 nitrogen and oxygen atoms in total. The number of amides is 2. The summed E-state index contributed by atoms with van der Waals surface area (Å²) in [6.45, 7) is 0. The standard InChI is InChI=1S/C14H13ClN6O/c1-20-9-6-12(19-20)18-14(22)17-11-5-2-4-10(15)13(11)21-8-3-7-16-21/h2-9H,1H3,(H2,17,18,19,22). The maximum atomic E-state index is 12.1. The van der Waals surface area contributed by atoms with Crippen LogP contribution in [0, 0.1) is 0 Å². The van der Waals surface area contributed by atoms with Crippen molar-refractivity contribution in [2.75, 3.05) is 10.6 Å². The first-order valence-electron chi connectivity index (χ1n) is 6.49. The normalized spacial score (nSPS) is 10.5. The van der Waals surface area contributed by atoms with Gasteiger partial charge in [-0.2, -0.15) is 10.2 Å². The molecule has 112 valence electrons. The molecular weight excluding hydrogens is 304 g/mol. The van der Waals surface area contributed by atoms with Gasteiger partial charge in [-0.05, 0) is 18.2 Å². The van der Waals surface area contributed by atoms with E-state index in [1.807, 2.05) is 0 Å². The lowest BCUT2D eigenvalue weighted by Gasteiger charge is -2.12. The average molecular weight is 317 g/mol. The maximum absolute atomic E-state index is 12.1. The number of nitrogens with zero attached hydrogens (tertiary/aromatic N) is 4. The number of anilines is 2. The van der Waals surface area contributed by atoms with Crippen molar-refractivity contribution in [1.82, 2.24) is 19.6 Å². The van der Waals surface area contributed by atoms with Crippen molar-refractivity contribution >= 4 is 29.1 Å². The minimum absolute atomic E-state index is 0.408. The van der Waals surface area contributed by atoms with Crippen molar-refractivity contribution in [2.24, 2.45) is 7.05 Å². The first-order chi connectivity index (χ1) is 10.6. The molecule has 0 saturated heterocycles. The van der Waals surface area contributed by atoms with Gasteiger partial charge in [-0.1, -0.05) is 17.7 Å². The third kappa shape index (κ3) is 2.94. The molecule has 22 heavy (non-hydrogen) atoms. The quantitative estimate of drug-likeness (QED) is 0.780. The van der Waals surface area contributed by atoms with Gasteiger partial charge in [0.05, 0.1) is 10.7 Å². The predicted molar refractivity (Wildman–Crippen MR) is 84.4 cm³/mol. The molecule has 0 bridgehead atoms. The van der Waals surface area contributed by atoms with Gasteiger partial charge in [0.1, 0.15) is 5.69 Å². The molecule has 0 unspecified atom stereocenters. The van der Waals surface area contributed by atoms with Gasteiger partial charge in [0.15, 0.2) is 5.82 Å². The molecule has 3 aromatic rings. The summed E-state index contributed by atoms with van der Waals surface area (Å²) in [7, 11) is 1.77. The Morgan fingerprint density at radius 1 is 1.18 bits per heavy atom. The summed E-state index contributed by atoms with van der Waals surface area (Å²) < 4.78 is 3.20. The van der Waals surface area contributed by atoms with Gasteiger partial charge in [0.2, 0.25) is 0 Å². The van der Waals surface area contributed by atoms with Crippen LogP contribution in [0.2, 0.25) is 5.02 Å². The second-order valence-corrected chi connectivity index (χ2v) is 4.95. The number of nitrogens with one attached hydrogen (secondary N) is 2. The van der Waals surface area contributed by atoms with Crippen molar-refractivity contribution in [3.63, 3.8) is 0 Å². The highest BCUT2D eigenvalue weighted by Gasteiger charge is 2.12. The number of hydrogen-bond donors (Lipinski definition) is 2. The van der Waals surface area contributed by atoms with E-state index in [4.69, 9.17) is 11.6 Å². The fourth-order valence-electron chi connectivity index (χ4n) is 2.00. The van der Waals surface area contributed by atoms with E-state index in [-0.39, 0.29) is 0 Å². The zero-order valence-electron chi connectivity index (χ0n) is 11.7. The number of carbonyl (C=O) groups is 1. The molecule has 0 atom stereocenters. The zero-order valence-corrected chi connectivity index (χ0v) is 12.4. The molecule has 8 heteroatoms. The minimum atomic E-state index is -0.408. The first-order valence-corrected chi connectivity index (χ1v) is 6.87. The Balaban J connectivity index is 1.83. The topological polar surface area (TPSA) is 76.8 Å². The second-order valence-electron chi connectivity index (χ2n) is 4.54. The number of rotatable bonds is 3. The molecule has 3 rings (SSSR count). The predicted octanol–water partition coefficient (Wildman–Crippen LogP) is 2.90. The highest BCUT2D eigenvalue weighted by Crippen LogP contribution is 2.28. The van der Waals surface area contributed by atoms with E-state index in [1.54, 1.807) is 65.3 Å². The van der Waals surface area contributed by atoms with Crippen LogP contribution in [0.3, 0.4) is 0 Å². The van der Waals surface area contributed by atoms with Gasteiger partial charge >= 0.3 is 6.03 Å². The number of para-hydroxylation sites is 1. The number of benzene rings is 1. The molecule has 0 radical (unpaired) electrons. The van der Waals surface area contributed by atoms with Crippen LogP contribution in [0.15, 0.2) is 48.9 Å². The van der Waals surface area contributed by atoms with Crippen LogP contribution in [0.25, 0.3) is 5.69 Å². The summed E-state index contributed by atoms with van der Waals surface area (Å²) in [4.78, 5) is 12.1. The lowest BCUT2D eigenvalue weighted by atomic mass is 10.2. The Labute approximate surface area is 131 Å². The summed E-state index contributed by atoms with van der Waals surface area (Å²) in [6.07, 6.45) is 5.13. The van der Waals surface area contributed by atoms with Crippen LogP contribution in [0.5, 0.6) is 0 Å². The lowest BCUT2D eigenvalue weighted by molar-refractivity contribution is 0.262. The molecule has 0 saturated carbocycles. The number of carbonyl (C=O) groups excluding carboxylic acids is 1. The summed E-state index contributed by atoms with van der Waals surface area (Å²) in [5, 5.41) is 14.1. The summed E-state index contributed by atoms with van der Waals surface area (Å²) in [5.74, 6) is 0.461. The maximum Gasteiger partial charge on any atom is 0.324 e. The van der Waals surface area contributed by atoms with Gasteiger partial charge in [0, 0.05) is 31.7 Å². The van der Waals surface area contributed by atoms with Gasteiger partial charge in [-0.25, -0.2) is 9.48 Å². The van der Waals surface area contributed by atoms with E-state index < -0.39 is 6.03 Å². The molecule has 2 heterocycles. The van der Waals surface area contributed by atoms with E-state index in [9.17, 15) is 4.79 Å². The minimum Gasteiger partial charge on any atom is -0.306 e. The number of halogens is 1. The summed E-state index contributed by atoms with van der Waals surface area (Å²) in [5.41, 5.74) is 1.15. The fraction of sp³-hybridized carbons (Fsp3) is 0.0714. The Morgan fingerprint density at radius 2 is 2.05 bits per heavy atom. The van der Waals surface area contributed by atoms with Crippen LogP contribution in [-0.2, 0) is 7.05 Å². The summed E-state index contributed by atoms with van der Waals surface area (Å²) >= 11 is 6.22. The number of urea groups is 1. The smallest absolute Gasteiger partial charge is 0.306 e. The van der Waals surface area contributed by atoms with Gasteiger partial charge in [-0.3, -0.25) is 10.00 Å². The number of aryl methyl sites for hydroxylation is 1. The SMILES string of the molecule is Cn1ccc(NC(=O)Nc2cccc(Cl)c2-n2cccn2)n1. The molecule has 0 aliphatic rings. The van der Waals surface area contributed by atoms with E-state index >= 15 is 0 Å². The Hall–Kier alpha value is -2.80. The van der Waals surface area contributed by atoms with Crippen LogP contribution < -0.4 is 10.6 Å². The average Bonchev–Trinajstić information content (AvgIpc) is 3.11. The highest BCUT2D eigenvalue weighted by molar-refractivity contribution is 6.33. The van der Waals surface area contributed by atoms with Gasteiger partial charge in [-0.15, -0.1) is 0 Å². The van der Waals surface area contributed by atoms with Gasteiger partial charge < -0.3 is 5.32 Å².